The van der Waals surface area contributed by atoms with Crippen LogP contribution in [0.15, 0.2) is 18.2 Å². The Bertz CT molecular complexity index is 457. The van der Waals surface area contributed by atoms with Crippen molar-refractivity contribution in [2.75, 3.05) is 7.11 Å². The number of ether oxygens (including phenoxy) is 2. The molecule has 1 aromatic rings. The molecule has 0 heterocycles. The van der Waals surface area contributed by atoms with E-state index in [-0.39, 0.29) is 12.5 Å². The third-order valence-electron chi connectivity index (χ3n) is 3.35. The van der Waals surface area contributed by atoms with Crippen molar-refractivity contribution in [1.29, 1.82) is 0 Å². The molecule has 1 fully saturated rings. The number of methoxy groups -OCH3 is 1. The van der Waals surface area contributed by atoms with Crippen molar-refractivity contribution in [1.82, 2.24) is 0 Å². The summed E-state index contributed by atoms with van der Waals surface area (Å²) < 4.78 is 11.1. The SMILES string of the molecule is COc1cc(CC(N)C(=O)O)ccc1OC1CCC1. The maximum atomic E-state index is 10.7. The van der Waals surface area contributed by atoms with E-state index in [2.05, 4.69) is 0 Å². The highest BCUT2D eigenvalue weighted by atomic mass is 16.5. The molecule has 1 aliphatic rings. The van der Waals surface area contributed by atoms with Crippen molar-refractivity contribution in [3.05, 3.63) is 23.8 Å². The Balaban J connectivity index is 2.08. The minimum atomic E-state index is -1.01. The number of hydrogen-bond donors (Lipinski definition) is 2. The van der Waals surface area contributed by atoms with Crippen LogP contribution in [0.25, 0.3) is 0 Å². The highest BCUT2D eigenvalue weighted by Crippen LogP contribution is 2.33. The molecule has 2 rings (SSSR count). The van der Waals surface area contributed by atoms with Crippen molar-refractivity contribution in [3.63, 3.8) is 0 Å². The number of benzene rings is 1. The molecule has 1 saturated carbocycles. The molecule has 0 saturated heterocycles. The highest BCUT2D eigenvalue weighted by molar-refractivity contribution is 5.73. The maximum Gasteiger partial charge on any atom is 0.320 e. The average molecular weight is 265 g/mol. The molecule has 0 aromatic heterocycles. The van der Waals surface area contributed by atoms with Crippen LogP contribution in [0.5, 0.6) is 11.5 Å². The lowest BCUT2D eigenvalue weighted by Gasteiger charge is -2.27. The number of rotatable bonds is 6. The lowest BCUT2D eigenvalue weighted by atomic mass is 9.96. The predicted molar refractivity (Wildman–Crippen MR) is 70.6 cm³/mol. The van der Waals surface area contributed by atoms with Gasteiger partial charge in [0.25, 0.3) is 0 Å². The molecule has 0 spiro atoms. The van der Waals surface area contributed by atoms with Gasteiger partial charge in [0.15, 0.2) is 11.5 Å². The number of carboxylic acids is 1. The molecule has 0 bridgehead atoms. The zero-order valence-corrected chi connectivity index (χ0v) is 11.0. The lowest BCUT2D eigenvalue weighted by Crippen LogP contribution is -2.32. The van der Waals surface area contributed by atoms with E-state index in [1.54, 1.807) is 13.2 Å². The van der Waals surface area contributed by atoms with Gasteiger partial charge in [0.2, 0.25) is 0 Å². The van der Waals surface area contributed by atoms with Gasteiger partial charge in [0.1, 0.15) is 6.04 Å². The van der Waals surface area contributed by atoms with E-state index < -0.39 is 12.0 Å². The van der Waals surface area contributed by atoms with Crippen LogP contribution in [0.3, 0.4) is 0 Å². The van der Waals surface area contributed by atoms with Crippen molar-refractivity contribution in [2.45, 2.75) is 37.8 Å². The van der Waals surface area contributed by atoms with E-state index in [1.807, 2.05) is 12.1 Å². The first-order valence-corrected chi connectivity index (χ1v) is 6.42. The van der Waals surface area contributed by atoms with Crippen LogP contribution < -0.4 is 15.2 Å². The molecule has 1 unspecified atom stereocenters. The van der Waals surface area contributed by atoms with Crippen LogP contribution in [0.1, 0.15) is 24.8 Å². The van der Waals surface area contributed by atoms with Crippen LogP contribution in [-0.4, -0.2) is 30.3 Å². The molecule has 1 aromatic carbocycles. The monoisotopic (exact) mass is 265 g/mol. The number of aliphatic carboxylic acids is 1. The van der Waals surface area contributed by atoms with Crippen LogP contribution in [0.2, 0.25) is 0 Å². The first kappa shape index (κ1) is 13.7. The van der Waals surface area contributed by atoms with Gasteiger partial charge >= 0.3 is 5.97 Å². The van der Waals surface area contributed by atoms with Gasteiger partial charge in [0.05, 0.1) is 13.2 Å². The maximum absolute atomic E-state index is 10.7. The number of carboxylic acid groups (broad SMARTS) is 1. The summed E-state index contributed by atoms with van der Waals surface area (Å²) in [5, 5.41) is 8.80. The van der Waals surface area contributed by atoms with E-state index in [4.69, 9.17) is 20.3 Å². The molecule has 5 heteroatoms. The van der Waals surface area contributed by atoms with Crippen LogP contribution >= 0.6 is 0 Å². The summed E-state index contributed by atoms with van der Waals surface area (Å²) in [5.41, 5.74) is 6.34. The Labute approximate surface area is 112 Å². The van der Waals surface area contributed by atoms with Crippen LogP contribution in [-0.2, 0) is 11.2 Å². The molecule has 0 aliphatic heterocycles. The summed E-state index contributed by atoms with van der Waals surface area (Å²) in [6, 6.07) is 4.54. The molecule has 0 radical (unpaired) electrons. The Kier molecular flexibility index (Phi) is 4.27. The molecule has 19 heavy (non-hydrogen) atoms. The van der Waals surface area contributed by atoms with Crippen LogP contribution in [0, 0.1) is 0 Å². The fourth-order valence-corrected chi connectivity index (χ4v) is 1.95. The average Bonchev–Trinajstić information content (AvgIpc) is 2.34. The summed E-state index contributed by atoms with van der Waals surface area (Å²) in [6.07, 6.45) is 3.92. The van der Waals surface area contributed by atoms with Gasteiger partial charge in [-0.15, -0.1) is 0 Å². The van der Waals surface area contributed by atoms with E-state index in [9.17, 15) is 4.79 Å². The van der Waals surface area contributed by atoms with Crippen molar-refractivity contribution in [3.8, 4) is 11.5 Å². The molecule has 1 aliphatic carbocycles. The highest BCUT2D eigenvalue weighted by Gasteiger charge is 2.21. The minimum Gasteiger partial charge on any atom is -0.493 e. The number of hydrogen-bond acceptors (Lipinski definition) is 4. The van der Waals surface area contributed by atoms with E-state index in [1.165, 1.54) is 6.42 Å². The fourth-order valence-electron chi connectivity index (χ4n) is 1.95. The van der Waals surface area contributed by atoms with Gasteiger partial charge in [-0.2, -0.15) is 0 Å². The summed E-state index contributed by atoms with van der Waals surface area (Å²) >= 11 is 0. The van der Waals surface area contributed by atoms with Gasteiger partial charge in [-0.3, -0.25) is 4.79 Å². The Morgan fingerprint density at radius 2 is 2.21 bits per heavy atom. The Morgan fingerprint density at radius 1 is 1.47 bits per heavy atom. The third kappa shape index (κ3) is 3.38. The Morgan fingerprint density at radius 3 is 2.74 bits per heavy atom. The molecule has 0 amide bonds. The van der Waals surface area contributed by atoms with Gasteiger partial charge in [-0.1, -0.05) is 6.07 Å². The molecular formula is C14H19NO4. The Hall–Kier alpha value is -1.75. The molecule has 3 N–H and O–H groups in total. The quantitative estimate of drug-likeness (QED) is 0.816. The number of carbonyl (C=O) groups is 1. The van der Waals surface area contributed by atoms with Crippen LogP contribution in [0.4, 0.5) is 0 Å². The summed E-state index contributed by atoms with van der Waals surface area (Å²) in [7, 11) is 1.57. The largest absolute Gasteiger partial charge is 0.493 e. The zero-order chi connectivity index (χ0) is 13.8. The fraction of sp³-hybridized carbons (Fsp3) is 0.500. The second-order valence-electron chi connectivity index (χ2n) is 4.80. The van der Waals surface area contributed by atoms with Gasteiger partial charge in [-0.05, 0) is 43.4 Å². The molecular weight excluding hydrogens is 246 g/mol. The summed E-state index contributed by atoms with van der Waals surface area (Å²) in [4.78, 5) is 10.7. The van der Waals surface area contributed by atoms with E-state index in [0.717, 1.165) is 18.4 Å². The van der Waals surface area contributed by atoms with Gasteiger partial charge in [-0.25, -0.2) is 0 Å². The van der Waals surface area contributed by atoms with Crippen molar-refractivity contribution in [2.24, 2.45) is 5.73 Å². The second kappa shape index (κ2) is 5.93. The standard InChI is InChI=1S/C14H19NO4/c1-18-13-8-9(7-11(15)14(16)17)5-6-12(13)19-10-3-2-4-10/h5-6,8,10-11H,2-4,7,15H2,1H3,(H,16,17). The second-order valence-corrected chi connectivity index (χ2v) is 4.80. The lowest BCUT2D eigenvalue weighted by molar-refractivity contribution is -0.138. The minimum absolute atomic E-state index is 0.273. The van der Waals surface area contributed by atoms with E-state index in [0.29, 0.717) is 11.5 Å². The van der Waals surface area contributed by atoms with Gasteiger partial charge < -0.3 is 20.3 Å². The summed E-state index contributed by atoms with van der Waals surface area (Å²) in [6.45, 7) is 0. The first-order chi connectivity index (χ1) is 9.10. The normalized spacial score (nSPS) is 16.5. The van der Waals surface area contributed by atoms with Crippen molar-refractivity contribution >= 4 is 5.97 Å². The molecule has 104 valence electrons. The van der Waals surface area contributed by atoms with E-state index >= 15 is 0 Å². The molecule has 5 nitrogen and oxygen atoms in total. The zero-order valence-electron chi connectivity index (χ0n) is 11.0. The smallest absolute Gasteiger partial charge is 0.320 e. The molecule has 1 atom stereocenters. The third-order valence-corrected chi connectivity index (χ3v) is 3.35. The van der Waals surface area contributed by atoms with Crippen molar-refractivity contribution < 1.29 is 19.4 Å². The first-order valence-electron chi connectivity index (χ1n) is 6.42. The topological polar surface area (TPSA) is 81.8 Å². The predicted octanol–water partition coefficient (Wildman–Crippen LogP) is 1.58. The van der Waals surface area contributed by atoms with Gasteiger partial charge in [0, 0.05) is 0 Å². The number of nitrogens with two attached hydrogens (primary N) is 1. The summed E-state index contributed by atoms with van der Waals surface area (Å²) in [5.74, 6) is 0.329.